The topological polar surface area (TPSA) is 111 Å². The van der Waals surface area contributed by atoms with Crippen LogP contribution in [-0.2, 0) is 0 Å². The number of hydrogen-bond acceptors (Lipinski definition) is 6. The van der Waals surface area contributed by atoms with E-state index in [2.05, 4.69) is 15.5 Å². The first-order valence-electron chi connectivity index (χ1n) is 7.21. The van der Waals surface area contributed by atoms with Crippen molar-refractivity contribution < 1.29 is 22.9 Å². The Hall–Kier alpha value is -3.69. The highest BCUT2D eigenvalue weighted by Gasteiger charge is 2.20. The molecule has 0 unspecified atom stereocenters. The third-order valence-corrected chi connectivity index (χ3v) is 3.55. The van der Waals surface area contributed by atoms with Gasteiger partial charge in [0.1, 0.15) is 11.6 Å². The lowest BCUT2D eigenvalue weighted by Crippen LogP contribution is -2.14. The van der Waals surface area contributed by atoms with Crippen molar-refractivity contribution in [3.63, 3.8) is 0 Å². The van der Waals surface area contributed by atoms with Crippen molar-refractivity contribution in [2.45, 2.75) is 6.92 Å². The second-order valence-corrected chi connectivity index (χ2v) is 5.20. The summed E-state index contributed by atoms with van der Waals surface area (Å²) >= 11 is 0. The van der Waals surface area contributed by atoms with Gasteiger partial charge in [-0.25, -0.2) is 8.78 Å². The largest absolute Gasteiger partial charge is 0.403 e. The molecule has 1 amide bonds. The van der Waals surface area contributed by atoms with Gasteiger partial charge < -0.3 is 4.42 Å². The Labute approximate surface area is 144 Å². The number of aromatic nitrogens is 2. The first kappa shape index (κ1) is 17.1. The van der Waals surface area contributed by atoms with Gasteiger partial charge >= 0.3 is 6.01 Å². The van der Waals surface area contributed by atoms with Crippen LogP contribution >= 0.6 is 0 Å². The SMILES string of the molecule is Cc1c(C(=O)Nc2nnc(-c3ccc(F)cc3F)o2)cccc1[N+](=O)[O-]. The van der Waals surface area contributed by atoms with Crippen LogP contribution in [0.1, 0.15) is 15.9 Å². The van der Waals surface area contributed by atoms with Gasteiger partial charge in [-0.1, -0.05) is 11.2 Å². The molecule has 132 valence electrons. The van der Waals surface area contributed by atoms with Gasteiger partial charge in [0.05, 0.1) is 10.5 Å². The number of anilines is 1. The van der Waals surface area contributed by atoms with Gasteiger partial charge in [0, 0.05) is 23.3 Å². The maximum atomic E-state index is 13.7. The normalized spacial score (nSPS) is 10.6. The minimum Gasteiger partial charge on any atom is -0.403 e. The van der Waals surface area contributed by atoms with Crippen LogP contribution in [0, 0.1) is 28.7 Å². The molecule has 3 aromatic rings. The van der Waals surface area contributed by atoms with Crippen LogP contribution in [-0.4, -0.2) is 21.0 Å². The maximum Gasteiger partial charge on any atom is 0.322 e. The number of nitrogens with zero attached hydrogens (tertiary/aromatic N) is 3. The molecule has 0 aliphatic heterocycles. The van der Waals surface area contributed by atoms with E-state index in [1.807, 2.05) is 0 Å². The molecule has 0 fully saturated rings. The number of halogens is 2. The van der Waals surface area contributed by atoms with Crippen molar-refractivity contribution in [2.24, 2.45) is 0 Å². The van der Waals surface area contributed by atoms with Crippen LogP contribution in [0.5, 0.6) is 0 Å². The van der Waals surface area contributed by atoms with Gasteiger partial charge in [0.2, 0.25) is 0 Å². The second kappa shape index (κ2) is 6.67. The average Bonchev–Trinajstić information content (AvgIpc) is 3.02. The zero-order valence-electron chi connectivity index (χ0n) is 13.2. The Morgan fingerprint density at radius 3 is 2.69 bits per heavy atom. The number of rotatable bonds is 4. The molecule has 0 aliphatic carbocycles. The predicted octanol–water partition coefficient (Wildman–Crippen LogP) is 3.48. The molecule has 0 radical (unpaired) electrons. The Kier molecular flexibility index (Phi) is 4.40. The van der Waals surface area contributed by atoms with Crippen molar-refractivity contribution in [1.82, 2.24) is 10.2 Å². The van der Waals surface area contributed by atoms with Crippen LogP contribution in [0.3, 0.4) is 0 Å². The van der Waals surface area contributed by atoms with E-state index in [-0.39, 0.29) is 34.3 Å². The molecule has 8 nitrogen and oxygen atoms in total. The number of amides is 1. The van der Waals surface area contributed by atoms with Gasteiger partial charge in [-0.15, -0.1) is 5.10 Å². The fourth-order valence-electron chi connectivity index (χ4n) is 2.28. The summed E-state index contributed by atoms with van der Waals surface area (Å²) in [5.41, 5.74) is -0.130. The van der Waals surface area contributed by atoms with Crippen LogP contribution < -0.4 is 5.32 Å². The molecule has 1 heterocycles. The van der Waals surface area contributed by atoms with Crippen LogP contribution in [0.2, 0.25) is 0 Å². The standard InChI is InChI=1S/C16H10F2N4O4/c1-8-10(3-2-4-13(8)22(24)25)14(23)19-16-21-20-15(26-16)11-6-5-9(17)7-12(11)18/h2-7H,1H3,(H,19,21,23). The smallest absolute Gasteiger partial charge is 0.322 e. The van der Waals surface area contributed by atoms with Crippen molar-refractivity contribution in [3.05, 3.63) is 69.3 Å². The summed E-state index contributed by atoms with van der Waals surface area (Å²) in [4.78, 5) is 22.6. The zero-order valence-corrected chi connectivity index (χ0v) is 13.2. The number of nitro benzene ring substituents is 1. The molecule has 10 heteroatoms. The molecule has 0 saturated carbocycles. The highest BCUT2D eigenvalue weighted by molar-refractivity contribution is 6.04. The summed E-state index contributed by atoms with van der Waals surface area (Å²) in [6.07, 6.45) is 0. The molecule has 3 rings (SSSR count). The number of nitro groups is 1. The van der Waals surface area contributed by atoms with E-state index >= 15 is 0 Å². The molecule has 26 heavy (non-hydrogen) atoms. The molecule has 1 N–H and O–H groups in total. The lowest BCUT2D eigenvalue weighted by molar-refractivity contribution is -0.385. The van der Waals surface area contributed by atoms with E-state index in [9.17, 15) is 23.7 Å². The molecular formula is C16H10F2N4O4. The zero-order chi connectivity index (χ0) is 18.8. The quantitative estimate of drug-likeness (QED) is 0.563. The summed E-state index contributed by atoms with van der Waals surface area (Å²) in [7, 11) is 0. The first-order chi connectivity index (χ1) is 12.4. The molecular weight excluding hydrogens is 350 g/mol. The fourth-order valence-corrected chi connectivity index (χ4v) is 2.28. The number of nitrogens with one attached hydrogen (secondary N) is 1. The van der Waals surface area contributed by atoms with Gasteiger partial charge in [-0.3, -0.25) is 20.2 Å². The van der Waals surface area contributed by atoms with E-state index in [0.717, 1.165) is 12.1 Å². The van der Waals surface area contributed by atoms with Crippen molar-refractivity contribution in [1.29, 1.82) is 0 Å². The number of benzene rings is 2. The summed E-state index contributed by atoms with van der Waals surface area (Å²) in [5, 5.41) is 20.4. The lowest BCUT2D eigenvalue weighted by atomic mass is 10.1. The summed E-state index contributed by atoms with van der Waals surface area (Å²) < 4.78 is 31.8. The molecule has 1 aromatic heterocycles. The number of hydrogen-bond donors (Lipinski definition) is 1. The van der Waals surface area contributed by atoms with Crippen molar-refractivity contribution in [2.75, 3.05) is 5.32 Å². The minimum absolute atomic E-state index is 0.0481. The van der Waals surface area contributed by atoms with E-state index in [0.29, 0.717) is 6.07 Å². The number of carbonyl (C=O) groups excluding carboxylic acids is 1. The Balaban J connectivity index is 1.85. The molecule has 0 atom stereocenters. The van der Waals surface area contributed by atoms with E-state index in [4.69, 9.17) is 4.42 Å². The maximum absolute atomic E-state index is 13.7. The van der Waals surface area contributed by atoms with Gasteiger partial charge in [-0.2, -0.15) is 0 Å². The van der Waals surface area contributed by atoms with Gasteiger partial charge in [0.15, 0.2) is 0 Å². The minimum atomic E-state index is -0.902. The number of carbonyl (C=O) groups is 1. The van der Waals surface area contributed by atoms with E-state index in [1.54, 1.807) is 0 Å². The molecule has 0 saturated heterocycles. The molecule has 0 spiro atoms. The second-order valence-electron chi connectivity index (χ2n) is 5.20. The van der Waals surface area contributed by atoms with Crippen LogP contribution in [0.15, 0.2) is 40.8 Å². The van der Waals surface area contributed by atoms with Crippen LogP contribution in [0.25, 0.3) is 11.5 Å². The first-order valence-corrected chi connectivity index (χ1v) is 7.21. The highest BCUT2D eigenvalue weighted by atomic mass is 19.1. The third-order valence-electron chi connectivity index (χ3n) is 3.55. The predicted molar refractivity (Wildman–Crippen MR) is 85.4 cm³/mol. The summed E-state index contributed by atoms with van der Waals surface area (Å²) in [6.45, 7) is 1.43. The molecule has 0 aliphatic rings. The van der Waals surface area contributed by atoms with Gasteiger partial charge in [-0.05, 0) is 25.1 Å². The summed E-state index contributed by atoms with van der Waals surface area (Å²) in [6, 6.07) is 6.50. The Morgan fingerprint density at radius 2 is 2.00 bits per heavy atom. The lowest BCUT2D eigenvalue weighted by Gasteiger charge is -2.05. The molecule has 0 bridgehead atoms. The molecule has 2 aromatic carbocycles. The monoisotopic (exact) mass is 360 g/mol. The highest BCUT2D eigenvalue weighted by Crippen LogP contribution is 2.25. The fraction of sp³-hybridized carbons (Fsp3) is 0.0625. The average molecular weight is 360 g/mol. The third kappa shape index (κ3) is 3.24. The van der Waals surface area contributed by atoms with E-state index < -0.39 is 22.5 Å². The van der Waals surface area contributed by atoms with Crippen molar-refractivity contribution >= 4 is 17.6 Å². The van der Waals surface area contributed by atoms with E-state index in [1.165, 1.54) is 25.1 Å². The van der Waals surface area contributed by atoms with Crippen LogP contribution in [0.4, 0.5) is 20.5 Å². The van der Waals surface area contributed by atoms with Gasteiger partial charge in [0.25, 0.3) is 17.5 Å². The Bertz CT molecular complexity index is 1020. The summed E-state index contributed by atoms with van der Waals surface area (Å²) in [5.74, 6) is -2.63. The van der Waals surface area contributed by atoms with Crippen molar-refractivity contribution in [3.8, 4) is 11.5 Å². The Morgan fingerprint density at radius 1 is 1.23 bits per heavy atom.